The zero-order chi connectivity index (χ0) is 23.5. The van der Waals surface area contributed by atoms with Crippen molar-refractivity contribution in [1.82, 2.24) is 4.90 Å². The minimum absolute atomic E-state index is 0.163. The van der Waals surface area contributed by atoms with Crippen LogP contribution in [0.5, 0.6) is 11.5 Å². The molecule has 178 valence electrons. The minimum atomic E-state index is -0.880. The summed E-state index contributed by atoms with van der Waals surface area (Å²) in [5.74, 6) is 0.339. The number of benzene rings is 2. The molecule has 3 aliphatic heterocycles. The highest BCUT2D eigenvalue weighted by Crippen LogP contribution is 2.40. The largest absolute Gasteiger partial charge is 0.486 e. The first-order chi connectivity index (χ1) is 16.6. The molecule has 0 aromatic heterocycles. The number of likely N-dealkylation sites (tertiary alicyclic amines) is 1. The summed E-state index contributed by atoms with van der Waals surface area (Å²) < 4.78 is 11.1. The number of carbonyl (C=O) groups is 3. The molecule has 34 heavy (non-hydrogen) atoms. The molecular formula is C25H27N3O5S. The second-order valence-corrected chi connectivity index (χ2v) is 9.68. The number of ether oxygens (including phenoxy) is 2. The van der Waals surface area contributed by atoms with Gasteiger partial charge in [0.25, 0.3) is 5.91 Å². The number of nitrogens with one attached hydrogen (secondary N) is 1. The van der Waals surface area contributed by atoms with Crippen LogP contribution in [0.2, 0.25) is 0 Å². The van der Waals surface area contributed by atoms with Crippen LogP contribution in [0.4, 0.5) is 11.4 Å². The van der Waals surface area contributed by atoms with Crippen molar-refractivity contribution in [2.24, 2.45) is 0 Å². The van der Waals surface area contributed by atoms with E-state index in [1.165, 1.54) is 16.7 Å². The maximum absolute atomic E-state index is 13.5. The molecule has 1 fully saturated rings. The molecule has 3 aliphatic rings. The molecule has 0 radical (unpaired) electrons. The summed E-state index contributed by atoms with van der Waals surface area (Å²) in [5.41, 5.74) is 1.20. The average Bonchev–Trinajstić information content (AvgIpc) is 3.15. The molecule has 5 rings (SSSR count). The molecule has 3 heterocycles. The first kappa shape index (κ1) is 22.6. The fourth-order valence-corrected chi connectivity index (χ4v) is 5.65. The normalized spacial score (nSPS) is 19.8. The predicted octanol–water partition coefficient (Wildman–Crippen LogP) is 3.31. The Morgan fingerprint density at radius 3 is 2.50 bits per heavy atom. The SMILES string of the molecule is O=C(CN1C(=O)[C@H](C(=O)N2CCCCCC2)Sc2ccccc21)Nc1ccc2c(c1)OCCO2. The molecule has 0 unspecified atom stereocenters. The van der Waals surface area contributed by atoms with E-state index >= 15 is 0 Å². The molecule has 8 nitrogen and oxygen atoms in total. The van der Waals surface area contributed by atoms with Crippen molar-refractivity contribution in [3.63, 3.8) is 0 Å². The molecule has 1 saturated heterocycles. The van der Waals surface area contributed by atoms with Crippen molar-refractivity contribution < 1.29 is 23.9 Å². The van der Waals surface area contributed by atoms with E-state index in [-0.39, 0.29) is 24.3 Å². The molecule has 2 aromatic rings. The van der Waals surface area contributed by atoms with Crippen LogP contribution in [0.1, 0.15) is 25.7 Å². The highest BCUT2D eigenvalue weighted by Gasteiger charge is 2.40. The summed E-state index contributed by atoms with van der Waals surface area (Å²) in [4.78, 5) is 43.8. The van der Waals surface area contributed by atoms with E-state index in [0.29, 0.717) is 49.2 Å². The van der Waals surface area contributed by atoms with Gasteiger partial charge in [0, 0.05) is 29.7 Å². The van der Waals surface area contributed by atoms with Crippen molar-refractivity contribution in [2.45, 2.75) is 35.8 Å². The van der Waals surface area contributed by atoms with Gasteiger partial charge >= 0.3 is 0 Å². The first-order valence-electron chi connectivity index (χ1n) is 11.7. The van der Waals surface area contributed by atoms with Crippen LogP contribution in [0.25, 0.3) is 0 Å². The van der Waals surface area contributed by atoms with E-state index in [9.17, 15) is 14.4 Å². The summed E-state index contributed by atoms with van der Waals surface area (Å²) in [6.45, 7) is 2.11. The highest BCUT2D eigenvalue weighted by atomic mass is 32.2. The maximum Gasteiger partial charge on any atom is 0.250 e. The van der Waals surface area contributed by atoms with Crippen LogP contribution in [0.3, 0.4) is 0 Å². The Labute approximate surface area is 202 Å². The summed E-state index contributed by atoms with van der Waals surface area (Å²) in [6, 6.07) is 12.6. The van der Waals surface area contributed by atoms with Crippen LogP contribution in [0.15, 0.2) is 47.4 Å². The zero-order valence-electron chi connectivity index (χ0n) is 18.8. The Morgan fingerprint density at radius 2 is 1.71 bits per heavy atom. The lowest BCUT2D eigenvalue weighted by molar-refractivity contribution is -0.135. The van der Waals surface area contributed by atoms with Crippen LogP contribution < -0.4 is 19.7 Å². The van der Waals surface area contributed by atoms with E-state index in [2.05, 4.69) is 5.32 Å². The number of nitrogens with zero attached hydrogens (tertiary/aromatic N) is 2. The number of para-hydroxylation sites is 1. The van der Waals surface area contributed by atoms with Gasteiger partial charge in [0.15, 0.2) is 16.7 Å². The van der Waals surface area contributed by atoms with Crippen molar-refractivity contribution >= 4 is 40.9 Å². The maximum atomic E-state index is 13.5. The second-order valence-electron chi connectivity index (χ2n) is 8.54. The Bertz CT molecular complexity index is 1100. The number of thioether (sulfide) groups is 1. The minimum Gasteiger partial charge on any atom is -0.486 e. The van der Waals surface area contributed by atoms with Crippen LogP contribution >= 0.6 is 11.8 Å². The van der Waals surface area contributed by atoms with E-state index in [1.807, 2.05) is 29.2 Å². The molecule has 0 spiro atoms. The summed E-state index contributed by atoms with van der Waals surface area (Å²) >= 11 is 1.28. The van der Waals surface area contributed by atoms with Gasteiger partial charge in [0.2, 0.25) is 11.8 Å². The quantitative estimate of drug-likeness (QED) is 0.675. The molecule has 1 N–H and O–H groups in total. The summed E-state index contributed by atoms with van der Waals surface area (Å²) in [7, 11) is 0. The molecule has 2 aromatic carbocycles. The first-order valence-corrected chi connectivity index (χ1v) is 12.5. The van der Waals surface area contributed by atoms with Gasteiger partial charge in [-0.3, -0.25) is 14.4 Å². The Kier molecular flexibility index (Phi) is 6.62. The molecule has 9 heteroatoms. The van der Waals surface area contributed by atoms with Gasteiger partial charge in [0.05, 0.1) is 5.69 Å². The fourth-order valence-electron chi connectivity index (χ4n) is 4.46. The van der Waals surface area contributed by atoms with Gasteiger partial charge in [-0.1, -0.05) is 25.0 Å². The zero-order valence-corrected chi connectivity index (χ0v) is 19.6. The van der Waals surface area contributed by atoms with Gasteiger partial charge in [-0.05, 0) is 37.1 Å². The standard InChI is InChI=1S/C25H27N3O5S/c29-22(26-17-9-10-19-20(15-17)33-14-13-32-19)16-28-18-7-3-4-8-21(18)34-23(25(28)31)24(30)27-11-5-1-2-6-12-27/h3-4,7-10,15,23H,1-2,5-6,11-14,16H2,(H,26,29)/t23-/m0/s1. The lowest BCUT2D eigenvalue weighted by atomic mass is 10.2. The van der Waals surface area contributed by atoms with Gasteiger partial charge in [0.1, 0.15) is 19.8 Å². The third kappa shape index (κ3) is 4.70. The van der Waals surface area contributed by atoms with E-state index in [1.54, 1.807) is 18.2 Å². The smallest absolute Gasteiger partial charge is 0.250 e. The van der Waals surface area contributed by atoms with Crippen molar-refractivity contribution in [1.29, 1.82) is 0 Å². The van der Waals surface area contributed by atoms with Gasteiger partial charge in [-0.15, -0.1) is 11.8 Å². The lowest BCUT2D eigenvalue weighted by Crippen LogP contribution is -2.51. The third-order valence-corrected chi connectivity index (χ3v) is 7.40. The Hall–Kier alpha value is -3.20. The van der Waals surface area contributed by atoms with Gasteiger partial charge < -0.3 is 24.6 Å². The molecule has 3 amide bonds. The van der Waals surface area contributed by atoms with E-state index in [4.69, 9.17) is 9.47 Å². The monoisotopic (exact) mass is 481 g/mol. The highest BCUT2D eigenvalue weighted by molar-refractivity contribution is 8.01. The lowest BCUT2D eigenvalue weighted by Gasteiger charge is -2.34. The molecule has 0 bridgehead atoms. The number of amides is 3. The van der Waals surface area contributed by atoms with E-state index in [0.717, 1.165) is 30.6 Å². The van der Waals surface area contributed by atoms with Crippen LogP contribution in [-0.2, 0) is 14.4 Å². The Morgan fingerprint density at radius 1 is 0.971 bits per heavy atom. The van der Waals surface area contributed by atoms with E-state index < -0.39 is 5.25 Å². The van der Waals surface area contributed by atoms with Gasteiger partial charge in [-0.2, -0.15) is 0 Å². The fraction of sp³-hybridized carbons (Fsp3) is 0.400. The van der Waals surface area contributed by atoms with Gasteiger partial charge in [-0.25, -0.2) is 0 Å². The Balaban J connectivity index is 1.33. The second kappa shape index (κ2) is 9.97. The third-order valence-electron chi connectivity index (χ3n) is 6.16. The number of carbonyl (C=O) groups excluding carboxylic acids is 3. The van der Waals surface area contributed by atoms with Crippen LogP contribution in [-0.4, -0.2) is 60.7 Å². The molecule has 0 saturated carbocycles. The molecular weight excluding hydrogens is 454 g/mol. The predicted molar refractivity (Wildman–Crippen MR) is 130 cm³/mol. The number of fused-ring (bicyclic) bond motifs is 2. The average molecular weight is 482 g/mol. The number of hydrogen-bond acceptors (Lipinski definition) is 6. The van der Waals surface area contributed by atoms with Crippen molar-refractivity contribution in [2.75, 3.05) is 43.1 Å². The van der Waals surface area contributed by atoms with Crippen molar-refractivity contribution in [3.05, 3.63) is 42.5 Å². The number of anilines is 2. The summed E-state index contributed by atoms with van der Waals surface area (Å²) in [6.07, 6.45) is 4.11. The van der Waals surface area contributed by atoms with Crippen LogP contribution in [0, 0.1) is 0 Å². The number of rotatable bonds is 4. The number of hydrogen-bond donors (Lipinski definition) is 1. The molecule has 1 atom stereocenters. The molecule has 0 aliphatic carbocycles. The van der Waals surface area contributed by atoms with Crippen molar-refractivity contribution in [3.8, 4) is 11.5 Å². The summed E-state index contributed by atoms with van der Waals surface area (Å²) in [5, 5.41) is 1.96. The topological polar surface area (TPSA) is 88.2 Å².